The highest BCUT2D eigenvalue weighted by atomic mass is 79.9. The third kappa shape index (κ3) is 3.14. The fraction of sp³-hybridized carbons (Fsp3) is 0.0833. The molecule has 0 saturated heterocycles. The lowest BCUT2D eigenvalue weighted by Crippen LogP contribution is -2.10. The van der Waals surface area contributed by atoms with Gasteiger partial charge < -0.3 is 4.74 Å². The van der Waals surface area contributed by atoms with E-state index in [1.165, 1.54) is 11.3 Å². The van der Waals surface area contributed by atoms with E-state index in [2.05, 4.69) is 15.9 Å². The summed E-state index contributed by atoms with van der Waals surface area (Å²) in [6, 6.07) is 4.55. The summed E-state index contributed by atoms with van der Waals surface area (Å²) in [5, 5.41) is 1.76. The first-order chi connectivity index (χ1) is 8.56. The van der Waals surface area contributed by atoms with E-state index in [9.17, 15) is 13.6 Å². The Hall–Kier alpha value is -1.27. The van der Waals surface area contributed by atoms with Gasteiger partial charge in [0, 0.05) is 22.7 Å². The van der Waals surface area contributed by atoms with Crippen LogP contribution in [0.15, 0.2) is 34.1 Å². The highest BCUT2D eigenvalue weighted by molar-refractivity contribution is 9.10. The largest absolute Gasteiger partial charge is 0.485 e. The van der Waals surface area contributed by atoms with Crippen molar-refractivity contribution >= 4 is 33.0 Å². The molecule has 0 atom stereocenters. The molecule has 2 rings (SSSR count). The van der Waals surface area contributed by atoms with Crippen LogP contribution in [0.3, 0.4) is 0 Å². The zero-order valence-corrected chi connectivity index (χ0v) is 11.4. The molecule has 2 aromatic rings. The number of carbonyl (C=O) groups is 1. The molecule has 0 aliphatic carbocycles. The summed E-state index contributed by atoms with van der Waals surface area (Å²) in [4.78, 5) is 12.3. The second-order valence-corrected chi connectivity index (χ2v) is 5.19. The Kier molecular flexibility index (Phi) is 4.08. The summed E-state index contributed by atoms with van der Waals surface area (Å²) in [5.41, 5.74) is 0. The van der Waals surface area contributed by atoms with Gasteiger partial charge in [-0.15, -0.1) is 11.3 Å². The lowest BCUT2D eigenvalue weighted by Gasteiger charge is -2.05. The van der Waals surface area contributed by atoms with Crippen LogP contribution in [0.4, 0.5) is 8.78 Å². The molecule has 0 bridgehead atoms. The monoisotopic (exact) mass is 332 g/mol. The minimum absolute atomic E-state index is 0.00599. The van der Waals surface area contributed by atoms with Crippen molar-refractivity contribution in [2.24, 2.45) is 0 Å². The molecule has 94 valence electrons. The SMILES string of the molecule is O=C(COc1cc(F)cc(F)c1)c1sccc1Br. The van der Waals surface area contributed by atoms with Gasteiger partial charge in [-0.1, -0.05) is 0 Å². The summed E-state index contributed by atoms with van der Waals surface area (Å²) < 4.78 is 31.5. The minimum Gasteiger partial charge on any atom is -0.485 e. The van der Waals surface area contributed by atoms with Crippen molar-refractivity contribution in [1.82, 2.24) is 0 Å². The first-order valence-electron chi connectivity index (χ1n) is 4.91. The minimum atomic E-state index is -0.741. The Balaban J connectivity index is 2.04. The Morgan fingerprint density at radius 2 is 1.94 bits per heavy atom. The van der Waals surface area contributed by atoms with Crippen LogP contribution in [0.2, 0.25) is 0 Å². The van der Waals surface area contributed by atoms with Crippen LogP contribution in [-0.2, 0) is 0 Å². The molecule has 0 N–H and O–H groups in total. The summed E-state index contributed by atoms with van der Waals surface area (Å²) in [6.07, 6.45) is 0. The van der Waals surface area contributed by atoms with Gasteiger partial charge in [0.2, 0.25) is 5.78 Å². The fourth-order valence-corrected chi connectivity index (χ4v) is 2.84. The van der Waals surface area contributed by atoms with Crippen molar-refractivity contribution < 1.29 is 18.3 Å². The Labute approximate surface area is 114 Å². The second-order valence-electron chi connectivity index (χ2n) is 3.41. The summed E-state index contributed by atoms with van der Waals surface area (Å²) in [5.74, 6) is -1.74. The molecule has 18 heavy (non-hydrogen) atoms. The predicted molar refractivity (Wildman–Crippen MR) is 68.2 cm³/mol. The predicted octanol–water partition coefficient (Wildman–Crippen LogP) is 4.05. The quantitative estimate of drug-likeness (QED) is 0.789. The van der Waals surface area contributed by atoms with Gasteiger partial charge in [0.1, 0.15) is 17.4 Å². The molecule has 0 radical (unpaired) electrons. The standard InChI is InChI=1S/C12H7BrF2O2S/c13-10-1-2-18-12(10)11(16)6-17-9-4-7(14)3-8(15)5-9/h1-5H,6H2. The average Bonchev–Trinajstić information content (AvgIpc) is 2.71. The molecule has 0 aliphatic heterocycles. The summed E-state index contributed by atoms with van der Waals surface area (Å²) >= 11 is 4.50. The van der Waals surface area contributed by atoms with Crippen LogP contribution >= 0.6 is 27.3 Å². The van der Waals surface area contributed by atoms with Crippen LogP contribution in [0.5, 0.6) is 5.75 Å². The lowest BCUT2D eigenvalue weighted by atomic mass is 10.3. The maximum absolute atomic E-state index is 12.9. The number of benzene rings is 1. The Morgan fingerprint density at radius 1 is 1.28 bits per heavy atom. The number of Topliss-reactive ketones (excluding diaryl/α,β-unsaturated/α-hetero) is 1. The fourth-order valence-electron chi connectivity index (χ4n) is 1.32. The molecule has 0 fully saturated rings. The van der Waals surface area contributed by atoms with Crippen molar-refractivity contribution in [2.75, 3.05) is 6.61 Å². The van der Waals surface area contributed by atoms with Crippen LogP contribution in [0.25, 0.3) is 0 Å². The highest BCUT2D eigenvalue weighted by Gasteiger charge is 2.12. The van der Waals surface area contributed by atoms with Crippen molar-refractivity contribution in [3.8, 4) is 5.75 Å². The van der Waals surface area contributed by atoms with Crippen LogP contribution in [-0.4, -0.2) is 12.4 Å². The summed E-state index contributed by atoms with van der Waals surface area (Å²) in [7, 11) is 0. The number of rotatable bonds is 4. The number of carbonyl (C=O) groups excluding carboxylic acids is 1. The van der Waals surface area contributed by atoms with E-state index >= 15 is 0 Å². The number of hydrogen-bond acceptors (Lipinski definition) is 3. The van der Waals surface area contributed by atoms with Gasteiger partial charge in [0.15, 0.2) is 6.61 Å². The number of thiophene rings is 1. The van der Waals surface area contributed by atoms with E-state index in [1.807, 2.05) is 0 Å². The Morgan fingerprint density at radius 3 is 2.50 bits per heavy atom. The number of ether oxygens (including phenoxy) is 1. The van der Waals surface area contributed by atoms with Gasteiger partial charge in [0.05, 0.1) is 4.88 Å². The number of halogens is 3. The highest BCUT2D eigenvalue weighted by Crippen LogP contribution is 2.23. The van der Waals surface area contributed by atoms with Crippen LogP contribution in [0, 0.1) is 11.6 Å². The topological polar surface area (TPSA) is 26.3 Å². The number of ketones is 1. The van der Waals surface area contributed by atoms with E-state index in [0.29, 0.717) is 9.35 Å². The van der Waals surface area contributed by atoms with Crippen molar-refractivity contribution in [2.45, 2.75) is 0 Å². The van der Waals surface area contributed by atoms with Gasteiger partial charge in [-0.05, 0) is 27.4 Å². The summed E-state index contributed by atoms with van der Waals surface area (Å²) in [6.45, 7) is -0.262. The number of hydrogen-bond donors (Lipinski definition) is 0. The smallest absolute Gasteiger partial charge is 0.211 e. The zero-order valence-electron chi connectivity index (χ0n) is 8.95. The molecule has 1 aromatic heterocycles. The molecule has 0 spiro atoms. The first kappa shape index (κ1) is 13.2. The molecule has 0 aliphatic rings. The maximum atomic E-state index is 12.9. The van der Waals surface area contributed by atoms with Gasteiger partial charge >= 0.3 is 0 Å². The van der Waals surface area contributed by atoms with E-state index in [-0.39, 0.29) is 18.1 Å². The van der Waals surface area contributed by atoms with E-state index in [4.69, 9.17) is 4.74 Å². The van der Waals surface area contributed by atoms with Crippen LogP contribution in [0.1, 0.15) is 9.67 Å². The third-order valence-corrected chi connectivity index (χ3v) is 3.96. The third-order valence-electron chi connectivity index (χ3n) is 2.08. The normalized spacial score (nSPS) is 10.4. The molecule has 6 heteroatoms. The maximum Gasteiger partial charge on any atom is 0.211 e. The molecule has 0 unspecified atom stereocenters. The molecule has 0 saturated carbocycles. The van der Waals surface area contributed by atoms with Gasteiger partial charge in [-0.3, -0.25) is 4.79 Å². The van der Waals surface area contributed by atoms with E-state index < -0.39 is 11.6 Å². The van der Waals surface area contributed by atoms with E-state index in [0.717, 1.165) is 18.2 Å². The molecule has 0 amide bonds. The van der Waals surface area contributed by atoms with Crippen molar-refractivity contribution in [1.29, 1.82) is 0 Å². The van der Waals surface area contributed by atoms with Gasteiger partial charge in [-0.25, -0.2) is 8.78 Å². The van der Waals surface area contributed by atoms with Crippen molar-refractivity contribution in [3.05, 3.63) is 50.6 Å². The van der Waals surface area contributed by atoms with Gasteiger partial charge in [0.25, 0.3) is 0 Å². The zero-order chi connectivity index (χ0) is 13.1. The van der Waals surface area contributed by atoms with E-state index in [1.54, 1.807) is 11.4 Å². The molecular formula is C12H7BrF2O2S. The van der Waals surface area contributed by atoms with Gasteiger partial charge in [-0.2, -0.15) is 0 Å². The molecule has 1 heterocycles. The second kappa shape index (κ2) is 5.58. The van der Waals surface area contributed by atoms with Crippen LogP contribution < -0.4 is 4.74 Å². The molecule has 1 aromatic carbocycles. The van der Waals surface area contributed by atoms with Crippen molar-refractivity contribution in [3.63, 3.8) is 0 Å². The molecule has 2 nitrogen and oxygen atoms in total. The molecular weight excluding hydrogens is 326 g/mol. The first-order valence-corrected chi connectivity index (χ1v) is 6.58. The average molecular weight is 333 g/mol. The lowest BCUT2D eigenvalue weighted by molar-refractivity contribution is 0.0924. The Bertz CT molecular complexity index is 563.